The molecule has 0 amide bonds. The summed E-state index contributed by atoms with van der Waals surface area (Å²) in [5.74, 6) is -0.501. The third-order valence-corrected chi connectivity index (χ3v) is 22.2. The molecule has 6 aliphatic heterocycles. The molecule has 0 bridgehead atoms. The summed E-state index contributed by atoms with van der Waals surface area (Å²) in [5, 5.41) is 195. The van der Waals surface area contributed by atoms with Crippen molar-refractivity contribution in [2.75, 3.05) is 33.0 Å². The van der Waals surface area contributed by atoms with Crippen LogP contribution >= 0.6 is 0 Å². The number of aliphatic hydroxyl groups excluding tert-OH is 17. The molecule has 86 heavy (non-hydrogen) atoms. The van der Waals surface area contributed by atoms with Crippen molar-refractivity contribution in [3.05, 3.63) is 0 Å². The van der Waals surface area contributed by atoms with Crippen LogP contribution in [0.3, 0.4) is 0 Å². The van der Waals surface area contributed by atoms with Gasteiger partial charge in [-0.3, -0.25) is 0 Å². The average molecular weight is 1250 g/mol. The number of rotatable bonds is 18. The average Bonchev–Trinajstić information content (AvgIpc) is 1.53. The second-order valence-corrected chi connectivity index (χ2v) is 27.2. The summed E-state index contributed by atoms with van der Waals surface area (Å²) in [7, 11) is 0. The standard InChI is InChI=1S/C57H96O29/c1-20(19-76-50-43(71)39(67)35(63)22(3)77-50)8-11-57(75)21(2)34-29(86-57)13-26-24-7-6-23-12-28(27(62)14-56(23,5)25(24)9-10-55(26,34)4)78-51-46(74)42(70)47(33(18-61)82-51)83-54-49(85-53-45(73)41(69)37(65)31(16-59)80-53)48(38(66)32(17-60)81-54)84-52-44(72)40(68)36(64)30(15-58)79-52/h20-54,58-75H,6-19H2,1-5H3/t20-,21+,22+,23+,24-,25+,26+,27-,28-,29+,30-,31-,32-,33-,34+,35+,36-,37-,38-,39-,40+,41+,42-,43-,44-,45-,46-,47+,48+,49-,50-,51-,52+,53+,54+,55+,56+,57-/m1/s1. The first-order valence-corrected chi connectivity index (χ1v) is 30.8. The Morgan fingerprint density at radius 3 is 1.64 bits per heavy atom. The number of hydrogen-bond donors (Lipinski definition) is 18. The monoisotopic (exact) mass is 1240 g/mol. The van der Waals surface area contributed by atoms with Crippen molar-refractivity contribution in [3.8, 4) is 0 Å². The van der Waals surface area contributed by atoms with Crippen LogP contribution in [0, 0.1) is 52.3 Å². The van der Waals surface area contributed by atoms with Crippen LogP contribution in [0.1, 0.15) is 92.4 Å². The first-order valence-electron chi connectivity index (χ1n) is 30.8. The highest BCUT2D eigenvalue weighted by Crippen LogP contribution is 2.71. The van der Waals surface area contributed by atoms with E-state index >= 15 is 0 Å². The van der Waals surface area contributed by atoms with E-state index in [2.05, 4.69) is 20.8 Å². The maximum atomic E-state index is 12.2. The summed E-state index contributed by atoms with van der Waals surface area (Å²) in [4.78, 5) is 0. The lowest BCUT2D eigenvalue weighted by atomic mass is 9.44. The van der Waals surface area contributed by atoms with Crippen LogP contribution in [0.4, 0.5) is 0 Å². The highest BCUT2D eigenvalue weighted by atomic mass is 16.8. The van der Waals surface area contributed by atoms with E-state index in [1.165, 1.54) is 0 Å². The van der Waals surface area contributed by atoms with E-state index in [4.69, 9.17) is 52.1 Å². The third-order valence-electron chi connectivity index (χ3n) is 22.2. The molecule has 0 radical (unpaired) electrons. The molecular weight excluding hydrogens is 1150 g/mol. The zero-order valence-electron chi connectivity index (χ0n) is 49.1. The lowest BCUT2D eigenvalue weighted by molar-refractivity contribution is -0.407. The van der Waals surface area contributed by atoms with Crippen LogP contribution in [0.15, 0.2) is 0 Å². The minimum absolute atomic E-state index is 0.0557. The van der Waals surface area contributed by atoms with Gasteiger partial charge in [0.2, 0.25) is 0 Å². The van der Waals surface area contributed by atoms with Crippen molar-refractivity contribution < 1.29 is 144 Å². The zero-order valence-corrected chi connectivity index (χ0v) is 49.1. The highest BCUT2D eigenvalue weighted by Gasteiger charge is 2.69. The lowest BCUT2D eigenvalue weighted by Gasteiger charge is -2.62. The highest BCUT2D eigenvalue weighted by molar-refractivity contribution is 5.16. The van der Waals surface area contributed by atoms with Crippen LogP contribution in [-0.2, 0) is 52.1 Å². The Hall–Kier alpha value is -1.16. The van der Waals surface area contributed by atoms with Gasteiger partial charge in [-0.05, 0) is 105 Å². The summed E-state index contributed by atoms with van der Waals surface area (Å²) < 4.78 is 65.9. The van der Waals surface area contributed by atoms with Gasteiger partial charge in [0.05, 0.1) is 57.5 Å². The molecule has 6 saturated heterocycles. The van der Waals surface area contributed by atoms with Crippen LogP contribution in [0.25, 0.3) is 0 Å². The Morgan fingerprint density at radius 1 is 0.500 bits per heavy atom. The fraction of sp³-hybridized carbons (Fsp3) is 1.00. The molecule has 0 spiro atoms. The van der Waals surface area contributed by atoms with E-state index in [9.17, 15) is 91.9 Å². The first-order chi connectivity index (χ1) is 40.6. The Bertz CT molecular complexity index is 2210. The van der Waals surface area contributed by atoms with Crippen molar-refractivity contribution in [1.29, 1.82) is 0 Å². The fourth-order valence-corrected chi connectivity index (χ4v) is 17.1. The van der Waals surface area contributed by atoms with E-state index in [0.717, 1.165) is 32.1 Å². The number of aliphatic hydroxyl groups is 18. The molecule has 0 unspecified atom stereocenters. The molecule has 10 rings (SSSR count). The summed E-state index contributed by atoms with van der Waals surface area (Å²) in [6.07, 6.45) is -39.3. The minimum atomic E-state index is -2.08. The molecule has 10 aliphatic rings. The molecule has 10 fully saturated rings. The van der Waals surface area contributed by atoms with E-state index in [-0.39, 0.29) is 53.1 Å². The van der Waals surface area contributed by atoms with Gasteiger partial charge in [-0.1, -0.05) is 27.7 Å². The van der Waals surface area contributed by atoms with Gasteiger partial charge in [0.25, 0.3) is 0 Å². The quantitative estimate of drug-likeness (QED) is 0.0568. The first kappa shape index (κ1) is 67.7. The normalized spacial score (nSPS) is 56.1. The van der Waals surface area contributed by atoms with Gasteiger partial charge in [0.15, 0.2) is 37.2 Å². The van der Waals surface area contributed by atoms with E-state index in [1.807, 2.05) is 6.92 Å². The molecule has 4 saturated carbocycles. The smallest absolute Gasteiger partial charge is 0.187 e. The Morgan fingerprint density at radius 2 is 1.02 bits per heavy atom. The molecule has 4 aliphatic carbocycles. The largest absolute Gasteiger partial charge is 0.394 e. The SMILES string of the molecule is C[C@H](CC[C@@]1(O)O[C@H]2C[C@H]3[C@@H]4CC[C@H]5C[C@@H](O[C@@H]6O[C@H](CO)[C@H](O[C@@H]7O[C@H](CO)[C@@H](O)[C@H](O[C@@H]8O[C@H](CO)[C@@H](O)[C@H](O)[C@H]8O)[C@H]7O[C@@H]7O[C@H](CO)[C@@H](O)[C@H](O)[C@H]7O)[C@H](O)[C@H]6O)[C@H](O)C[C@]5(C)[C@H]4CC[C@]3(C)[C@H]2[C@@H]1C)CO[C@@H]1O[C@@H](C)[C@H](O)[C@@H](O)[C@H]1O. The van der Waals surface area contributed by atoms with Gasteiger partial charge >= 0.3 is 0 Å². The lowest BCUT2D eigenvalue weighted by Crippen LogP contribution is -2.69. The van der Waals surface area contributed by atoms with Gasteiger partial charge in [-0.15, -0.1) is 0 Å². The van der Waals surface area contributed by atoms with Crippen LogP contribution < -0.4 is 0 Å². The maximum absolute atomic E-state index is 12.2. The van der Waals surface area contributed by atoms with Gasteiger partial charge in [-0.25, -0.2) is 0 Å². The van der Waals surface area contributed by atoms with E-state index < -0.39 is 198 Å². The Labute approximate surface area is 498 Å². The number of hydrogen-bond acceptors (Lipinski definition) is 29. The summed E-state index contributed by atoms with van der Waals surface area (Å²) >= 11 is 0. The van der Waals surface area contributed by atoms with Gasteiger partial charge < -0.3 is 144 Å². The minimum Gasteiger partial charge on any atom is -0.394 e. The second kappa shape index (κ2) is 26.7. The summed E-state index contributed by atoms with van der Waals surface area (Å²) in [6.45, 7) is 6.80. The van der Waals surface area contributed by atoms with Crippen molar-refractivity contribution in [1.82, 2.24) is 0 Å². The molecule has 0 aromatic heterocycles. The molecule has 18 N–H and O–H groups in total. The van der Waals surface area contributed by atoms with Crippen molar-refractivity contribution in [2.45, 2.75) is 270 Å². The van der Waals surface area contributed by atoms with E-state index in [0.29, 0.717) is 37.5 Å². The molecule has 498 valence electrons. The van der Waals surface area contributed by atoms with Crippen LogP contribution in [0.5, 0.6) is 0 Å². The van der Waals surface area contributed by atoms with E-state index in [1.54, 1.807) is 6.92 Å². The second-order valence-electron chi connectivity index (χ2n) is 27.2. The van der Waals surface area contributed by atoms with Gasteiger partial charge in [-0.2, -0.15) is 0 Å². The topological polar surface area (TPSA) is 466 Å². The predicted molar refractivity (Wildman–Crippen MR) is 284 cm³/mol. The van der Waals surface area contributed by atoms with Crippen LogP contribution in [0.2, 0.25) is 0 Å². The van der Waals surface area contributed by atoms with Gasteiger partial charge in [0.1, 0.15) is 116 Å². The zero-order chi connectivity index (χ0) is 62.4. The molecule has 0 aromatic carbocycles. The third kappa shape index (κ3) is 12.2. The van der Waals surface area contributed by atoms with Crippen LogP contribution in [-0.4, -0.2) is 303 Å². The maximum Gasteiger partial charge on any atom is 0.187 e. The summed E-state index contributed by atoms with van der Waals surface area (Å²) in [5.41, 5.74) is -0.423. The number of ether oxygens (including phenoxy) is 11. The fourth-order valence-electron chi connectivity index (χ4n) is 17.1. The molecule has 29 nitrogen and oxygen atoms in total. The van der Waals surface area contributed by atoms with Gasteiger partial charge in [0, 0.05) is 12.3 Å². The van der Waals surface area contributed by atoms with Crippen molar-refractivity contribution in [3.63, 3.8) is 0 Å². The number of fused-ring (bicyclic) bond motifs is 7. The Balaban J connectivity index is 0.780. The molecule has 29 heteroatoms. The Kier molecular flexibility index (Phi) is 21.0. The molecule has 38 atom stereocenters. The molecule has 0 aromatic rings. The predicted octanol–water partition coefficient (Wildman–Crippen LogP) is -6.13. The summed E-state index contributed by atoms with van der Waals surface area (Å²) in [6, 6.07) is 0. The van der Waals surface area contributed by atoms with Crippen molar-refractivity contribution in [2.24, 2.45) is 52.3 Å². The molecular formula is C57H96O29. The molecule has 6 heterocycles. The van der Waals surface area contributed by atoms with Crippen molar-refractivity contribution >= 4 is 0 Å².